The molecule has 1 saturated heterocycles. The second kappa shape index (κ2) is 10.2. The van der Waals surface area contributed by atoms with Crippen molar-refractivity contribution in [3.63, 3.8) is 0 Å². The van der Waals surface area contributed by atoms with Crippen LogP contribution in [-0.4, -0.2) is 58.1 Å². The second-order valence-corrected chi connectivity index (χ2v) is 7.19. The maximum Gasteiger partial charge on any atom is 0.241 e. The molecule has 0 radical (unpaired) electrons. The zero-order chi connectivity index (χ0) is 17.1. The number of halogens is 2. The molecule has 146 valence electrons. The molecule has 26 heavy (non-hydrogen) atoms. The van der Waals surface area contributed by atoms with E-state index >= 15 is 0 Å². The lowest BCUT2D eigenvalue weighted by Gasteiger charge is -2.35. The minimum absolute atomic E-state index is 0. The first kappa shape index (κ1) is 22.9. The van der Waals surface area contributed by atoms with Crippen LogP contribution in [0.15, 0.2) is 22.0 Å². The van der Waals surface area contributed by atoms with Gasteiger partial charge < -0.3 is 15.2 Å². The summed E-state index contributed by atoms with van der Waals surface area (Å²) in [4.78, 5) is 21.9. The number of rotatable bonds is 5. The van der Waals surface area contributed by atoms with Gasteiger partial charge in [0.25, 0.3) is 0 Å². The molecule has 2 unspecified atom stereocenters. The Balaban J connectivity index is 0.00000169. The van der Waals surface area contributed by atoms with Gasteiger partial charge in [-0.15, -0.1) is 36.2 Å². The summed E-state index contributed by atoms with van der Waals surface area (Å²) in [7, 11) is 0. The van der Waals surface area contributed by atoms with Crippen LogP contribution in [-0.2, 0) is 11.3 Å². The topological polar surface area (TPSA) is 88.5 Å². The van der Waals surface area contributed by atoms with Crippen molar-refractivity contribution in [3.8, 4) is 10.7 Å². The predicted molar refractivity (Wildman–Crippen MR) is 107 cm³/mol. The maximum absolute atomic E-state index is 12.3. The number of carbonyl (C=O) groups is 1. The summed E-state index contributed by atoms with van der Waals surface area (Å²) in [5, 5.41) is 6.02. The number of carbonyl (C=O) groups excluding carboxylic acids is 1. The molecule has 0 spiro atoms. The molecule has 0 aliphatic carbocycles. The molecule has 3 heterocycles. The van der Waals surface area contributed by atoms with Gasteiger partial charge in [0.05, 0.1) is 17.3 Å². The third-order valence-corrected chi connectivity index (χ3v) is 5.30. The second-order valence-electron chi connectivity index (χ2n) is 6.24. The van der Waals surface area contributed by atoms with E-state index in [1.807, 2.05) is 36.3 Å². The third-order valence-electron chi connectivity index (χ3n) is 4.43. The Kier molecular flexibility index (Phi) is 8.99. The van der Waals surface area contributed by atoms with Crippen molar-refractivity contribution >= 4 is 42.1 Å². The highest BCUT2D eigenvalue weighted by Gasteiger charge is 2.27. The monoisotopic (exact) mass is 421 g/mol. The van der Waals surface area contributed by atoms with Crippen molar-refractivity contribution in [1.82, 2.24) is 19.9 Å². The SMILES string of the molecule is CC(N)C(C)C(=O)N1CCN(Cc2nc(-c3cccs3)no2)CC1.Cl.Cl. The Hall–Kier alpha value is -1.19. The molecule has 2 N–H and O–H groups in total. The van der Waals surface area contributed by atoms with E-state index in [0.29, 0.717) is 31.3 Å². The lowest BCUT2D eigenvalue weighted by atomic mass is 10.0. The van der Waals surface area contributed by atoms with Crippen LogP contribution in [0.25, 0.3) is 10.7 Å². The molecule has 3 rings (SSSR count). The van der Waals surface area contributed by atoms with Crippen molar-refractivity contribution < 1.29 is 9.32 Å². The minimum atomic E-state index is -0.138. The molecule has 1 aliphatic rings. The zero-order valence-electron chi connectivity index (χ0n) is 14.8. The molecular weight excluding hydrogens is 397 g/mol. The molecule has 2 aromatic rings. The van der Waals surface area contributed by atoms with E-state index < -0.39 is 0 Å². The van der Waals surface area contributed by atoms with Gasteiger partial charge in [0.1, 0.15) is 0 Å². The van der Waals surface area contributed by atoms with Gasteiger partial charge in [-0.25, -0.2) is 0 Å². The van der Waals surface area contributed by atoms with Crippen LogP contribution in [0.4, 0.5) is 0 Å². The van der Waals surface area contributed by atoms with Crippen LogP contribution in [0.1, 0.15) is 19.7 Å². The molecule has 0 aromatic carbocycles. The van der Waals surface area contributed by atoms with Gasteiger partial charge in [-0.3, -0.25) is 9.69 Å². The fraction of sp³-hybridized carbons (Fsp3) is 0.562. The van der Waals surface area contributed by atoms with E-state index in [4.69, 9.17) is 10.3 Å². The average Bonchev–Trinajstić information content (AvgIpc) is 3.25. The Labute approximate surface area is 169 Å². The predicted octanol–water partition coefficient (Wildman–Crippen LogP) is 2.27. The first-order valence-corrected chi connectivity index (χ1v) is 9.05. The van der Waals surface area contributed by atoms with Crippen LogP contribution in [0.2, 0.25) is 0 Å². The van der Waals surface area contributed by atoms with Crippen molar-refractivity contribution in [2.75, 3.05) is 26.2 Å². The van der Waals surface area contributed by atoms with E-state index in [9.17, 15) is 4.79 Å². The van der Waals surface area contributed by atoms with E-state index in [2.05, 4.69) is 15.0 Å². The van der Waals surface area contributed by atoms with Crippen molar-refractivity contribution in [2.45, 2.75) is 26.4 Å². The Morgan fingerprint density at radius 2 is 2.00 bits per heavy atom. The Morgan fingerprint density at radius 3 is 2.58 bits per heavy atom. The van der Waals surface area contributed by atoms with Gasteiger partial charge in [-0.1, -0.05) is 18.1 Å². The van der Waals surface area contributed by atoms with Gasteiger partial charge in [0.2, 0.25) is 17.6 Å². The van der Waals surface area contributed by atoms with Crippen molar-refractivity contribution in [2.24, 2.45) is 11.7 Å². The fourth-order valence-electron chi connectivity index (χ4n) is 2.66. The van der Waals surface area contributed by atoms with Gasteiger partial charge >= 0.3 is 0 Å². The standard InChI is InChI=1S/C16H23N5O2S.2ClH/c1-11(12(2)17)16(22)21-7-5-20(6-8-21)10-14-18-15(19-23-14)13-4-3-9-24-13;;/h3-4,9,11-12H,5-8,10,17H2,1-2H3;2*1H. The summed E-state index contributed by atoms with van der Waals surface area (Å²) in [6, 6.07) is 3.82. The number of hydrogen-bond donors (Lipinski definition) is 1. The van der Waals surface area contributed by atoms with E-state index in [1.165, 1.54) is 0 Å². The summed E-state index contributed by atoms with van der Waals surface area (Å²) in [6.45, 7) is 7.40. The molecule has 1 amide bonds. The molecule has 2 aromatic heterocycles. The number of hydrogen-bond acceptors (Lipinski definition) is 7. The quantitative estimate of drug-likeness (QED) is 0.796. The van der Waals surface area contributed by atoms with Crippen LogP contribution in [0.5, 0.6) is 0 Å². The zero-order valence-corrected chi connectivity index (χ0v) is 17.3. The fourth-order valence-corrected chi connectivity index (χ4v) is 3.30. The minimum Gasteiger partial charge on any atom is -0.340 e. The highest BCUT2D eigenvalue weighted by atomic mass is 35.5. The Morgan fingerprint density at radius 1 is 1.31 bits per heavy atom. The first-order chi connectivity index (χ1) is 11.5. The Bertz CT molecular complexity index is 672. The molecule has 1 aliphatic heterocycles. The molecule has 7 nitrogen and oxygen atoms in total. The maximum atomic E-state index is 12.3. The molecule has 0 saturated carbocycles. The lowest BCUT2D eigenvalue weighted by molar-refractivity contribution is -0.137. The number of amides is 1. The molecule has 10 heteroatoms. The molecule has 1 fully saturated rings. The molecule has 2 atom stereocenters. The third kappa shape index (κ3) is 5.40. The first-order valence-electron chi connectivity index (χ1n) is 8.18. The van der Waals surface area contributed by atoms with Crippen molar-refractivity contribution in [1.29, 1.82) is 0 Å². The summed E-state index contributed by atoms with van der Waals surface area (Å²) in [5.41, 5.74) is 5.83. The highest BCUT2D eigenvalue weighted by molar-refractivity contribution is 7.13. The van der Waals surface area contributed by atoms with E-state index in [1.54, 1.807) is 11.3 Å². The number of nitrogens with zero attached hydrogens (tertiary/aromatic N) is 4. The van der Waals surface area contributed by atoms with Gasteiger partial charge in [-0.2, -0.15) is 4.98 Å². The van der Waals surface area contributed by atoms with Gasteiger partial charge in [0, 0.05) is 32.2 Å². The normalized spacial score (nSPS) is 17.1. The lowest BCUT2D eigenvalue weighted by Crippen LogP contribution is -2.51. The average molecular weight is 422 g/mol. The van der Waals surface area contributed by atoms with Gasteiger partial charge in [-0.05, 0) is 18.4 Å². The summed E-state index contributed by atoms with van der Waals surface area (Å²) in [5.74, 6) is 1.25. The van der Waals surface area contributed by atoms with E-state index in [-0.39, 0.29) is 42.7 Å². The van der Waals surface area contributed by atoms with Crippen LogP contribution in [0.3, 0.4) is 0 Å². The number of aromatic nitrogens is 2. The smallest absolute Gasteiger partial charge is 0.241 e. The highest BCUT2D eigenvalue weighted by Crippen LogP contribution is 2.21. The summed E-state index contributed by atoms with van der Waals surface area (Å²) in [6.07, 6.45) is 0. The van der Waals surface area contributed by atoms with Gasteiger partial charge in [0.15, 0.2) is 0 Å². The molecular formula is C16H25Cl2N5O2S. The number of nitrogens with two attached hydrogens (primary N) is 1. The number of piperazine rings is 1. The number of thiophene rings is 1. The molecule has 0 bridgehead atoms. The van der Waals surface area contributed by atoms with Crippen LogP contribution < -0.4 is 5.73 Å². The summed E-state index contributed by atoms with van der Waals surface area (Å²) < 4.78 is 5.34. The summed E-state index contributed by atoms with van der Waals surface area (Å²) >= 11 is 1.59. The van der Waals surface area contributed by atoms with Crippen LogP contribution >= 0.6 is 36.2 Å². The van der Waals surface area contributed by atoms with Crippen LogP contribution in [0, 0.1) is 5.92 Å². The largest absolute Gasteiger partial charge is 0.340 e. The van der Waals surface area contributed by atoms with Crippen molar-refractivity contribution in [3.05, 3.63) is 23.4 Å². The van der Waals surface area contributed by atoms with E-state index in [0.717, 1.165) is 18.0 Å².